The fraction of sp³-hybridized carbons (Fsp3) is 0.174. The number of aromatic nitrogens is 3. The lowest BCUT2D eigenvalue weighted by molar-refractivity contribution is 0.0974. The molecule has 0 aliphatic carbocycles. The van der Waals surface area contributed by atoms with Gasteiger partial charge >= 0.3 is 0 Å². The summed E-state index contributed by atoms with van der Waals surface area (Å²) in [6.07, 6.45) is 3.89. The van der Waals surface area contributed by atoms with E-state index in [1.807, 2.05) is 4.72 Å². The average Bonchev–Trinajstić information content (AvgIpc) is 3.12. The smallest absolute Gasteiger partial charge is 0.282 e. The number of carbonyl (C=O) groups excluding carboxylic acids is 1. The number of ether oxygens (including phenoxy) is 2. The molecule has 0 saturated carbocycles. The maximum absolute atomic E-state index is 14.6. The predicted molar refractivity (Wildman–Crippen MR) is 124 cm³/mol. The van der Waals surface area contributed by atoms with Gasteiger partial charge in [-0.1, -0.05) is 18.2 Å². The van der Waals surface area contributed by atoms with Gasteiger partial charge in [0.25, 0.3) is 5.91 Å². The van der Waals surface area contributed by atoms with Gasteiger partial charge in [-0.05, 0) is 18.2 Å². The van der Waals surface area contributed by atoms with E-state index in [0.717, 1.165) is 6.26 Å². The summed E-state index contributed by atoms with van der Waals surface area (Å²) in [6.45, 7) is -0.0632. The summed E-state index contributed by atoms with van der Waals surface area (Å²) in [4.78, 5) is 21.8. The van der Waals surface area contributed by atoms with Crippen molar-refractivity contribution in [3.63, 3.8) is 0 Å². The van der Waals surface area contributed by atoms with E-state index in [1.54, 1.807) is 36.4 Å². The van der Waals surface area contributed by atoms with Gasteiger partial charge in [-0.15, -0.1) is 0 Å². The lowest BCUT2D eigenvalue weighted by Gasteiger charge is -2.13. The number of rotatable bonds is 7. The Morgan fingerprint density at radius 3 is 2.56 bits per heavy atom. The van der Waals surface area contributed by atoms with Gasteiger partial charge in [0.15, 0.2) is 0 Å². The van der Waals surface area contributed by atoms with Crippen molar-refractivity contribution in [3.05, 3.63) is 71.9 Å². The Bertz CT molecular complexity index is 1500. The molecule has 0 bridgehead atoms. The van der Waals surface area contributed by atoms with E-state index >= 15 is 0 Å². The number of hydrogen-bond donors (Lipinski definition) is 1. The van der Waals surface area contributed by atoms with Crippen LogP contribution in [0, 0.1) is 5.82 Å². The molecule has 11 heteroatoms. The third-order valence-electron chi connectivity index (χ3n) is 5.15. The molecule has 0 saturated heterocycles. The minimum Gasteiger partial charge on any atom is -0.481 e. The van der Waals surface area contributed by atoms with Gasteiger partial charge < -0.3 is 14.0 Å². The largest absolute Gasteiger partial charge is 0.481 e. The highest BCUT2D eigenvalue weighted by molar-refractivity contribution is 7.89. The Hall–Kier alpha value is -3.99. The van der Waals surface area contributed by atoms with Gasteiger partial charge in [-0.2, -0.15) is 0 Å². The van der Waals surface area contributed by atoms with E-state index in [9.17, 15) is 17.6 Å². The molecule has 4 rings (SSSR count). The van der Waals surface area contributed by atoms with Crippen molar-refractivity contribution in [1.29, 1.82) is 0 Å². The lowest BCUT2D eigenvalue weighted by Crippen LogP contribution is -2.31. The van der Waals surface area contributed by atoms with E-state index in [1.165, 1.54) is 37.2 Å². The van der Waals surface area contributed by atoms with E-state index in [0.29, 0.717) is 27.6 Å². The number of carbonyl (C=O) groups is 1. The van der Waals surface area contributed by atoms with Crippen molar-refractivity contribution in [2.45, 2.75) is 6.54 Å². The number of amides is 1. The summed E-state index contributed by atoms with van der Waals surface area (Å²) < 4.78 is 52.7. The Balaban J connectivity index is 2.11. The molecule has 0 unspecified atom stereocenters. The van der Waals surface area contributed by atoms with Crippen LogP contribution in [0.2, 0.25) is 0 Å². The monoisotopic (exact) mass is 484 g/mol. The molecule has 3 heterocycles. The second-order valence-corrected chi connectivity index (χ2v) is 9.16. The number of benzene rings is 1. The van der Waals surface area contributed by atoms with Gasteiger partial charge in [0, 0.05) is 34.3 Å². The summed E-state index contributed by atoms with van der Waals surface area (Å²) in [5, 5.41) is 0.521. The molecule has 4 aromatic rings. The molecule has 1 amide bonds. The highest BCUT2D eigenvalue weighted by atomic mass is 32.2. The summed E-state index contributed by atoms with van der Waals surface area (Å²) in [5.74, 6) is -0.873. The van der Waals surface area contributed by atoms with Crippen LogP contribution < -0.4 is 14.2 Å². The zero-order chi connectivity index (χ0) is 24.5. The number of pyridine rings is 2. The Labute approximate surface area is 195 Å². The maximum atomic E-state index is 14.6. The van der Waals surface area contributed by atoms with Crippen LogP contribution in [0.1, 0.15) is 16.1 Å². The first-order valence-corrected chi connectivity index (χ1v) is 11.9. The Morgan fingerprint density at radius 2 is 1.88 bits per heavy atom. The van der Waals surface area contributed by atoms with Crippen LogP contribution in [-0.2, 0) is 16.6 Å². The molecule has 1 aromatic carbocycles. The van der Waals surface area contributed by atoms with Crippen molar-refractivity contribution >= 4 is 26.8 Å². The fourth-order valence-electron chi connectivity index (χ4n) is 3.77. The molecule has 3 aromatic heterocycles. The molecule has 176 valence electrons. The zero-order valence-corrected chi connectivity index (χ0v) is 19.4. The van der Waals surface area contributed by atoms with Crippen LogP contribution in [0.4, 0.5) is 4.39 Å². The van der Waals surface area contributed by atoms with Gasteiger partial charge in [0.1, 0.15) is 11.5 Å². The molecule has 0 aliphatic rings. The number of nitrogens with one attached hydrogen (secondary N) is 1. The molecule has 0 fully saturated rings. The van der Waals surface area contributed by atoms with Crippen LogP contribution in [0.3, 0.4) is 0 Å². The molecular formula is C23H21FN4O5S. The SMILES string of the molecule is COc1cc2c(-c3cccnc3OC)c(C(=O)NS(C)(=O)=O)n(Cc3ccccc3F)c2cn1. The second kappa shape index (κ2) is 9.10. The van der Waals surface area contributed by atoms with E-state index in [4.69, 9.17) is 9.47 Å². The Kier molecular flexibility index (Phi) is 6.20. The maximum Gasteiger partial charge on any atom is 0.282 e. The molecular weight excluding hydrogens is 463 g/mol. The lowest BCUT2D eigenvalue weighted by atomic mass is 10.0. The zero-order valence-electron chi connectivity index (χ0n) is 18.6. The fourth-order valence-corrected chi connectivity index (χ4v) is 4.20. The van der Waals surface area contributed by atoms with Crippen molar-refractivity contribution in [3.8, 4) is 22.9 Å². The van der Waals surface area contributed by atoms with Gasteiger partial charge in [-0.3, -0.25) is 4.79 Å². The number of methoxy groups -OCH3 is 2. The highest BCUT2D eigenvalue weighted by Crippen LogP contribution is 2.40. The van der Waals surface area contributed by atoms with E-state index in [2.05, 4.69) is 9.97 Å². The summed E-state index contributed by atoms with van der Waals surface area (Å²) in [6, 6.07) is 11.1. The summed E-state index contributed by atoms with van der Waals surface area (Å²) in [7, 11) is -1.02. The third-order valence-corrected chi connectivity index (χ3v) is 5.70. The standard InChI is InChI=1S/C23H21FN4O5S/c1-32-19-11-16-18(12-26-19)28(13-14-7-4-5-9-17(14)24)21(22(29)27-34(3,30)31)20(16)15-8-6-10-25-23(15)33-2/h4-12H,13H2,1-3H3,(H,27,29). The Morgan fingerprint density at radius 1 is 1.12 bits per heavy atom. The van der Waals surface area contributed by atoms with Crippen molar-refractivity contribution in [2.24, 2.45) is 0 Å². The van der Waals surface area contributed by atoms with Crippen molar-refractivity contribution in [2.75, 3.05) is 20.5 Å². The normalized spacial score (nSPS) is 11.4. The van der Waals surface area contributed by atoms with Gasteiger partial charge in [-0.25, -0.2) is 27.5 Å². The van der Waals surface area contributed by atoms with Crippen LogP contribution in [-0.4, -0.2) is 49.3 Å². The molecule has 9 nitrogen and oxygen atoms in total. The topological polar surface area (TPSA) is 112 Å². The van der Waals surface area contributed by atoms with Crippen LogP contribution >= 0.6 is 0 Å². The predicted octanol–water partition coefficient (Wildman–Crippen LogP) is 2.99. The molecule has 34 heavy (non-hydrogen) atoms. The van der Waals surface area contributed by atoms with Crippen molar-refractivity contribution in [1.82, 2.24) is 19.3 Å². The van der Waals surface area contributed by atoms with Crippen LogP contribution in [0.5, 0.6) is 11.8 Å². The molecule has 1 N–H and O–H groups in total. The summed E-state index contributed by atoms with van der Waals surface area (Å²) in [5.41, 5.74) is 1.52. The van der Waals surface area contributed by atoms with Gasteiger partial charge in [0.05, 0.1) is 38.7 Å². The third kappa shape index (κ3) is 4.42. The van der Waals surface area contributed by atoms with Crippen LogP contribution in [0.15, 0.2) is 54.9 Å². The summed E-state index contributed by atoms with van der Waals surface area (Å²) >= 11 is 0. The quantitative estimate of drug-likeness (QED) is 0.429. The second-order valence-electron chi connectivity index (χ2n) is 7.41. The number of fused-ring (bicyclic) bond motifs is 1. The number of sulfonamides is 1. The first-order valence-electron chi connectivity index (χ1n) is 10.0. The average molecular weight is 485 g/mol. The minimum atomic E-state index is -3.91. The van der Waals surface area contributed by atoms with Gasteiger partial charge in [0.2, 0.25) is 21.8 Å². The first-order chi connectivity index (χ1) is 16.2. The van der Waals surface area contributed by atoms with E-state index in [-0.39, 0.29) is 24.0 Å². The minimum absolute atomic E-state index is 0.0231. The number of hydrogen-bond acceptors (Lipinski definition) is 7. The molecule has 0 aliphatic heterocycles. The molecule has 0 atom stereocenters. The first kappa shape index (κ1) is 23.2. The highest BCUT2D eigenvalue weighted by Gasteiger charge is 2.28. The number of nitrogens with zero attached hydrogens (tertiary/aromatic N) is 3. The van der Waals surface area contributed by atoms with Crippen molar-refractivity contribution < 1.29 is 27.1 Å². The van der Waals surface area contributed by atoms with Crippen LogP contribution in [0.25, 0.3) is 22.0 Å². The van der Waals surface area contributed by atoms with E-state index < -0.39 is 21.7 Å². The number of halogens is 1. The molecule has 0 radical (unpaired) electrons. The molecule has 0 spiro atoms.